The Hall–Kier alpha value is -0.848. The van der Waals surface area contributed by atoms with Gasteiger partial charge in [-0.15, -0.1) is 12.1 Å². The molecule has 0 aliphatic carbocycles. The van der Waals surface area contributed by atoms with Gasteiger partial charge in [-0.3, -0.25) is 4.98 Å². The van der Waals surface area contributed by atoms with E-state index in [1.165, 1.54) is 0 Å². The number of imidazole rings is 1. The summed E-state index contributed by atoms with van der Waals surface area (Å²) >= 11 is 0. The van der Waals surface area contributed by atoms with Crippen LogP contribution in [-0.2, 0) is 20.4 Å². The summed E-state index contributed by atoms with van der Waals surface area (Å²) in [6, 6.07) is 6.85. The second-order valence-corrected chi connectivity index (χ2v) is 2.54. The molecule has 0 amide bonds. The summed E-state index contributed by atoms with van der Waals surface area (Å²) in [7, 11) is 0. The Labute approximate surface area is 84.0 Å². The number of nitrogen functional groups attached to an aromatic ring is 1. The molecule has 1 aromatic heterocycles. The van der Waals surface area contributed by atoms with Crippen molar-refractivity contribution in [2.45, 2.75) is 6.92 Å². The maximum Gasteiger partial charge on any atom is 0.184 e. The molecule has 4 heteroatoms. The van der Waals surface area contributed by atoms with Gasteiger partial charge in [-0.2, -0.15) is 11.6 Å². The molecule has 1 radical (unpaired) electrons. The van der Waals surface area contributed by atoms with Crippen LogP contribution in [0, 0.1) is 13.0 Å². The fourth-order valence-electron chi connectivity index (χ4n) is 1.08. The standard InChI is InChI=1S/C8H8N3.Re/c1-5-2-3-6-7(4-5)11-8(9)10-6;/h3-4H,1H3,(H3,9,10,11);/q-1;. The summed E-state index contributed by atoms with van der Waals surface area (Å²) in [6.07, 6.45) is 0. The molecule has 0 spiro atoms. The van der Waals surface area contributed by atoms with Crippen molar-refractivity contribution in [1.29, 1.82) is 0 Å². The van der Waals surface area contributed by atoms with Crippen LogP contribution in [0.3, 0.4) is 0 Å². The Balaban J connectivity index is 0.000000720. The number of H-pyrrole nitrogens is 1. The van der Waals surface area contributed by atoms with Crippen LogP contribution >= 0.6 is 0 Å². The molecule has 2 aromatic rings. The van der Waals surface area contributed by atoms with E-state index in [4.69, 9.17) is 5.73 Å². The van der Waals surface area contributed by atoms with Crippen molar-refractivity contribution in [1.82, 2.24) is 9.97 Å². The molecule has 0 fully saturated rings. The summed E-state index contributed by atoms with van der Waals surface area (Å²) in [4.78, 5) is 6.99. The average Bonchev–Trinajstić information content (AvgIpc) is 2.27. The molecule has 0 bridgehead atoms. The first-order chi connectivity index (χ1) is 5.25. The predicted octanol–water partition coefficient (Wildman–Crippen LogP) is 1.25. The molecule has 3 N–H and O–H groups in total. The van der Waals surface area contributed by atoms with Crippen LogP contribution in [0.15, 0.2) is 12.1 Å². The first-order valence-corrected chi connectivity index (χ1v) is 3.39. The third kappa shape index (κ3) is 1.50. The van der Waals surface area contributed by atoms with Crippen molar-refractivity contribution < 1.29 is 20.4 Å². The number of aromatic nitrogens is 2. The molecule has 0 saturated heterocycles. The van der Waals surface area contributed by atoms with E-state index in [9.17, 15) is 0 Å². The van der Waals surface area contributed by atoms with Gasteiger partial charge in [0, 0.05) is 20.4 Å². The number of aromatic amines is 1. The maximum absolute atomic E-state index is 5.46. The van der Waals surface area contributed by atoms with E-state index in [1.54, 1.807) is 0 Å². The summed E-state index contributed by atoms with van der Waals surface area (Å²) < 4.78 is 0. The predicted molar refractivity (Wildman–Crippen MR) is 44.1 cm³/mol. The minimum atomic E-state index is 0. The van der Waals surface area contributed by atoms with Crippen LogP contribution in [0.4, 0.5) is 5.95 Å². The van der Waals surface area contributed by atoms with E-state index in [1.807, 2.05) is 19.1 Å². The number of hydrogen-bond donors (Lipinski definition) is 2. The Morgan fingerprint density at radius 3 is 3.08 bits per heavy atom. The Kier molecular flexibility index (Phi) is 2.51. The number of fused-ring (bicyclic) bond motifs is 1. The quantitative estimate of drug-likeness (QED) is 0.714. The number of hydrogen-bond acceptors (Lipinski definition) is 2. The van der Waals surface area contributed by atoms with Crippen LogP contribution in [-0.4, -0.2) is 9.97 Å². The first-order valence-electron chi connectivity index (χ1n) is 3.39. The number of nitrogens with zero attached hydrogens (tertiary/aromatic N) is 1. The SMILES string of the molecule is Cc1[c-]cc2nc(N)[nH]c2c1.[Re]. The molecular formula is C8H8N3Re-. The van der Waals surface area contributed by atoms with Crippen molar-refractivity contribution in [3.63, 3.8) is 0 Å². The molecule has 12 heavy (non-hydrogen) atoms. The minimum absolute atomic E-state index is 0. The van der Waals surface area contributed by atoms with Gasteiger partial charge in [-0.1, -0.05) is 6.92 Å². The molecule has 0 atom stereocenters. The summed E-state index contributed by atoms with van der Waals surface area (Å²) in [5.41, 5.74) is 8.38. The van der Waals surface area contributed by atoms with Gasteiger partial charge in [-0.05, 0) is 11.0 Å². The fraction of sp³-hybridized carbons (Fsp3) is 0.125. The average molecular weight is 332 g/mol. The number of benzene rings is 1. The molecular weight excluding hydrogens is 324 g/mol. The second-order valence-electron chi connectivity index (χ2n) is 2.54. The summed E-state index contributed by atoms with van der Waals surface area (Å²) in [6.45, 7) is 1.98. The van der Waals surface area contributed by atoms with E-state index < -0.39 is 0 Å². The van der Waals surface area contributed by atoms with Crippen molar-refractivity contribution in [3.8, 4) is 0 Å². The van der Waals surface area contributed by atoms with E-state index in [2.05, 4.69) is 16.0 Å². The normalized spacial score (nSPS) is 9.75. The van der Waals surface area contributed by atoms with Crippen molar-refractivity contribution in [2.24, 2.45) is 0 Å². The van der Waals surface area contributed by atoms with Gasteiger partial charge < -0.3 is 10.7 Å². The Morgan fingerprint density at radius 1 is 1.58 bits per heavy atom. The van der Waals surface area contributed by atoms with Crippen LogP contribution in [0.1, 0.15) is 5.56 Å². The number of nitrogens with two attached hydrogens (primary N) is 1. The molecule has 0 saturated carbocycles. The van der Waals surface area contributed by atoms with Gasteiger partial charge in [0.1, 0.15) is 0 Å². The largest absolute Gasteiger partial charge is 0.370 e. The third-order valence-electron chi connectivity index (χ3n) is 1.58. The molecule has 0 unspecified atom stereocenters. The van der Waals surface area contributed by atoms with Crippen LogP contribution < -0.4 is 5.73 Å². The smallest absolute Gasteiger partial charge is 0.184 e. The van der Waals surface area contributed by atoms with E-state index in [0.29, 0.717) is 5.95 Å². The van der Waals surface area contributed by atoms with Gasteiger partial charge in [0.05, 0.1) is 0 Å². The summed E-state index contributed by atoms with van der Waals surface area (Å²) in [5, 5.41) is 0. The molecule has 63 valence electrons. The van der Waals surface area contributed by atoms with Crippen molar-refractivity contribution in [2.75, 3.05) is 5.73 Å². The zero-order chi connectivity index (χ0) is 7.84. The van der Waals surface area contributed by atoms with Gasteiger partial charge in [0.15, 0.2) is 5.95 Å². The van der Waals surface area contributed by atoms with Gasteiger partial charge in [0.2, 0.25) is 0 Å². The van der Waals surface area contributed by atoms with Crippen LogP contribution in [0.25, 0.3) is 11.0 Å². The Bertz CT molecular complexity index is 394. The van der Waals surface area contributed by atoms with E-state index in [0.717, 1.165) is 16.6 Å². The molecule has 2 rings (SSSR count). The van der Waals surface area contributed by atoms with Crippen molar-refractivity contribution >= 4 is 17.0 Å². The number of aryl methyl sites for hydroxylation is 1. The fourth-order valence-corrected chi connectivity index (χ4v) is 1.08. The zero-order valence-electron chi connectivity index (χ0n) is 6.56. The van der Waals surface area contributed by atoms with E-state index >= 15 is 0 Å². The monoisotopic (exact) mass is 333 g/mol. The topological polar surface area (TPSA) is 54.7 Å². The van der Waals surface area contributed by atoms with Crippen LogP contribution in [0.5, 0.6) is 0 Å². The molecule has 0 aliphatic rings. The summed E-state index contributed by atoms with van der Waals surface area (Å²) in [5.74, 6) is 0.457. The van der Waals surface area contributed by atoms with Crippen molar-refractivity contribution in [3.05, 3.63) is 23.8 Å². The molecule has 0 aliphatic heterocycles. The number of nitrogens with one attached hydrogen (secondary N) is 1. The van der Waals surface area contributed by atoms with Crippen LogP contribution in [0.2, 0.25) is 0 Å². The van der Waals surface area contributed by atoms with E-state index in [-0.39, 0.29) is 20.4 Å². The molecule has 1 heterocycles. The molecule has 1 aromatic carbocycles. The zero-order valence-corrected chi connectivity index (χ0v) is 9.27. The minimum Gasteiger partial charge on any atom is -0.370 e. The first kappa shape index (κ1) is 9.24. The second kappa shape index (κ2) is 3.26. The number of anilines is 1. The number of rotatable bonds is 0. The third-order valence-corrected chi connectivity index (χ3v) is 1.58. The Morgan fingerprint density at radius 2 is 2.33 bits per heavy atom. The van der Waals surface area contributed by atoms with Gasteiger partial charge >= 0.3 is 0 Å². The van der Waals surface area contributed by atoms with Gasteiger partial charge in [0.25, 0.3) is 0 Å². The van der Waals surface area contributed by atoms with Gasteiger partial charge in [-0.25, -0.2) is 0 Å². The molecule has 3 nitrogen and oxygen atoms in total. The maximum atomic E-state index is 5.46.